The standard InChI is InChI=1S/C15H15BrN2O2S/c1-10-8-11-2-5-13(17)9-15(11)18(10)21(19,20)14-6-3-12(16)4-7-14/h2-7,9-10H,8,17H2,1H3/t10-/m0/s1. The van der Waals surface area contributed by atoms with Crippen molar-refractivity contribution in [3.8, 4) is 0 Å². The molecule has 0 aromatic heterocycles. The van der Waals surface area contributed by atoms with Crippen LogP contribution in [0.1, 0.15) is 12.5 Å². The Morgan fingerprint density at radius 3 is 2.52 bits per heavy atom. The maximum absolute atomic E-state index is 12.9. The lowest BCUT2D eigenvalue weighted by Gasteiger charge is -2.24. The number of fused-ring (bicyclic) bond motifs is 1. The summed E-state index contributed by atoms with van der Waals surface area (Å²) in [6, 6.07) is 12.0. The zero-order chi connectivity index (χ0) is 15.2. The van der Waals surface area contributed by atoms with Crippen molar-refractivity contribution in [3.05, 3.63) is 52.5 Å². The molecule has 0 saturated heterocycles. The van der Waals surface area contributed by atoms with Gasteiger partial charge < -0.3 is 5.73 Å². The smallest absolute Gasteiger partial charge is 0.264 e. The summed E-state index contributed by atoms with van der Waals surface area (Å²) >= 11 is 3.32. The SMILES string of the molecule is C[C@H]1Cc2ccc(N)cc2N1S(=O)(=O)c1ccc(Br)cc1. The summed E-state index contributed by atoms with van der Waals surface area (Å²) in [6.45, 7) is 1.91. The number of anilines is 2. The Hall–Kier alpha value is -1.53. The van der Waals surface area contributed by atoms with Crippen LogP contribution in [-0.2, 0) is 16.4 Å². The number of hydrogen-bond acceptors (Lipinski definition) is 3. The van der Waals surface area contributed by atoms with Crippen LogP contribution in [0.4, 0.5) is 11.4 Å². The van der Waals surface area contributed by atoms with Crippen LogP contribution >= 0.6 is 15.9 Å². The fourth-order valence-electron chi connectivity index (χ4n) is 2.68. The van der Waals surface area contributed by atoms with Crippen molar-refractivity contribution in [1.29, 1.82) is 0 Å². The first-order chi connectivity index (χ1) is 9.89. The molecule has 4 nitrogen and oxygen atoms in total. The van der Waals surface area contributed by atoms with E-state index in [9.17, 15) is 8.42 Å². The van der Waals surface area contributed by atoms with Crippen molar-refractivity contribution in [1.82, 2.24) is 0 Å². The van der Waals surface area contributed by atoms with E-state index in [4.69, 9.17) is 5.73 Å². The second-order valence-corrected chi connectivity index (χ2v) is 7.93. The summed E-state index contributed by atoms with van der Waals surface area (Å²) in [5.74, 6) is 0. The molecule has 0 aliphatic carbocycles. The highest BCUT2D eigenvalue weighted by molar-refractivity contribution is 9.10. The highest BCUT2D eigenvalue weighted by Crippen LogP contribution is 2.37. The van der Waals surface area contributed by atoms with Crippen LogP contribution in [0.25, 0.3) is 0 Å². The number of hydrogen-bond donors (Lipinski definition) is 1. The summed E-state index contributed by atoms with van der Waals surface area (Å²) in [7, 11) is -3.58. The van der Waals surface area contributed by atoms with Crippen LogP contribution < -0.4 is 10.0 Å². The van der Waals surface area contributed by atoms with Crippen LogP contribution in [0.2, 0.25) is 0 Å². The molecule has 110 valence electrons. The van der Waals surface area contributed by atoms with E-state index in [1.54, 1.807) is 36.4 Å². The summed E-state index contributed by atoms with van der Waals surface area (Å²) in [5.41, 5.74) is 8.08. The molecule has 1 aliphatic heterocycles. The van der Waals surface area contributed by atoms with Gasteiger partial charge in [-0.25, -0.2) is 8.42 Å². The number of nitrogen functional groups attached to an aromatic ring is 1. The normalized spacial score (nSPS) is 17.8. The minimum atomic E-state index is -3.58. The van der Waals surface area contributed by atoms with Crippen molar-refractivity contribution in [3.63, 3.8) is 0 Å². The molecule has 21 heavy (non-hydrogen) atoms. The summed E-state index contributed by atoms with van der Waals surface area (Å²) in [4.78, 5) is 0.285. The number of benzene rings is 2. The minimum Gasteiger partial charge on any atom is -0.399 e. The molecule has 0 bridgehead atoms. The van der Waals surface area contributed by atoms with Gasteiger partial charge in [0.2, 0.25) is 0 Å². The molecule has 0 fully saturated rings. The molecule has 0 spiro atoms. The molecule has 0 unspecified atom stereocenters. The number of sulfonamides is 1. The van der Waals surface area contributed by atoms with Gasteiger partial charge in [0, 0.05) is 16.2 Å². The number of nitrogens with two attached hydrogens (primary N) is 1. The molecule has 2 N–H and O–H groups in total. The van der Waals surface area contributed by atoms with Crippen LogP contribution in [-0.4, -0.2) is 14.5 Å². The van der Waals surface area contributed by atoms with Crippen LogP contribution in [0.5, 0.6) is 0 Å². The topological polar surface area (TPSA) is 63.4 Å². The zero-order valence-electron chi connectivity index (χ0n) is 11.5. The summed E-state index contributed by atoms with van der Waals surface area (Å²) in [6.07, 6.45) is 0.700. The molecule has 1 aliphatic rings. The maximum atomic E-state index is 12.9. The van der Waals surface area contributed by atoms with Gasteiger partial charge in [0.05, 0.1) is 10.6 Å². The van der Waals surface area contributed by atoms with Gasteiger partial charge in [0.15, 0.2) is 0 Å². The lowest BCUT2D eigenvalue weighted by Crippen LogP contribution is -2.35. The van der Waals surface area contributed by atoms with E-state index in [1.165, 1.54) is 4.31 Å². The van der Waals surface area contributed by atoms with Gasteiger partial charge in [-0.05, 0) is 55.3 Å². The van der Waals surface area contributed by atoms with E-state index in [0.717, 1.165) is 10.0 Å². The third-order valence-corrected chi connectivity index (χ3v) is 6.10. The quantitative estimate of drug-likeness (QED) is 0.830. The molecule has 0 radical (unpaired) electrons. The average Bonchev–Trinajstić information content (AvgIpc) is 2.75. The predicted octanol–water partition coefficient (Wildman–Crippen LogP) is 3.17. The van der Waals surface area contributed by atoms with E-state index < -0.39 is 10.0 Å². The zero-order valence-corrected chi connectivity index (χ0v) is 13.9. The molecular weight excluding hydrogens is 352 g/mol. The Bertz CT molecular complexity index is 788. The Labute approximate surface area is 132 Å². The monoisotopic (exact) mass is 366 g/mol. The maximum Gasteiger partial charge on any atom is 0.264 e. The Balaban J connectivity index is 2.12. The minimum absolute atomic E-state index is 0.115. The van der Waals surface area contributed by atoms with Crippen molar-refractivity contribution in [2.75, 3.05) is 10.0 Å². The van der Waals surface area contributed by atoms with Crippen LogP contribution in [0.3, 0.4) is 0 Å². The first kappa shape index (κ1) is 14.4. The molecule has 0 amide bonds. The van der Waals surface area contributed by atoms with E-state index in [2.05, 4.69) is 15.9 Å². The third kappa shape index (κ3) is 2.42. The van der Waals surface area contributed by atoms with Crippen LogP contribution in [0.15, 0.2) is 51.8 Å². The molecule has 3 rings (SSSR count). The molecule has 1 atom stereocenters. The molecule has 1 heterocycles. The van der Waals surface area contributed by atoms with Gasteiger partial charge in [-0.2, -0.15) is 0 Å². The Morgan fingerprint density at radius 1 is 1.19 bits per heavy atom. The second-order valence-electron chi connectivity index (χ2n) is 5.20. The van der Waals surface area contributed by atoms with Gasteiger partial charge in [0.25, 0.3) is 10.0 Å². The number of halogens is 1. The lowest BCUT2D eigenvalue weighted by atomic mass is 10.1. The van der Waals surface area contributed by atoms with E-state index in [1.807, 2.05) is 13.0 Å². The molecule has 2 aromatic rings. The fraction of sp³-hybridized carbons (Fsp3) is 0.200. The largest absolute Gasteiger partial charge is 0.399 e. The van der Waals surface area contributed by atoms with E-state index in [-0.39, 0.29) is 10.9 Å². The van der Waals surface area contributed by atoms with Crippen molar-refractivity contribution < 1.29 is 8.42 Å². The third-order valence-electron chi connectivity index (χ3n) is 3.63. The Morgan fingerprint density at radius 2 is 1.86 bits per heavy atom. The fourth-order valence-corrected chi connectivity index (χ4v) is 4.63. The average molecular weight is 367 g/mol. The van der Waals surface area contributed by atoms with Crippen molar-refractivity contribution >= 4 is 37.3 Å². The van der Waals surface area contributed by atoms with Gasteiger partial charge in [0.1, 0.15) is 0 Å². The Kier molecular flexibility index (Phi) is 3.45. The van der Waals surface area contributed by atoms with Crippen molar-refractivity contribution in [2.45, 2.75) is 24.3 Å². The van der Waals surface area contributed by atoms with Gasteiger partial charge in [-0.15, -0.1) is 0 Å². The number of nitrogens with zero attached hydrogens (tertiary/aromatic N) is 1. The molecule has 0 saturated carbocycles. The summed E-state index contributed by atoms with van der Waals surface area (Å²) in [5, 5.41) is 0. The van der Waals surface area contributed by atoms with Gasteiger partial charge >= 0.3 is 0 Å². The highest BCUT2D eigenvalue weighted by Gasteiger charge is 2.36. The predicted molar refractivity (Wildman–Crippen MR) is 87.8 cm³/mol. The molecule has 6 heteroatoms. The van der Waals surface area contributed by atoms with E-state index in [0.29, 0.717) is 17.8 Å². The summed E-state index contributed by atoms with van der Waals surface area (Å²) < 4.78 is 28.1. The number of rotatable bonds is 2. The molecule has 2 aromatic carbocycles. The first-order valence-corrected chi connectivity index (χ1v) is 8.81. The van der Waals surface area contributed by atoms with Gasteiger partial charge in [-0.3, -0.25) is 4.31 Å². The van der Waals surface area contributed by atoms with Gasteiger partial charge in [-0.1, -0.05) is 22.0 Å². The second kappa shape index (κ2) is 5.03. The highest BCUT2D eigenvalue weighted by atomic mass is 79.9. The van der Waals surface area contributed by atoms with Crippen LogP contribution in [0, 0.1) is 0 Å². The van der Waals surface area contributed by atoms with Crippen molar-refractivity contribution in [2.24, 2.45) is 0 Å². The van der Waals surface area contributed by atoms with E-state index >= 15 is 0 Å². The molecular formula is C15H15BrN2O2S. The lowest BCUT2D eigenvalue weighted by molar-refractivity contribution is 0.584. The first-order valence-electron chi connectivity index (χ1n) is 6.58.